The zero-order chi connectivity index (χ0) is 19.1. The molecule has 0 atom stereocenters. The minimum Gasteiger partial charge on any atom is -0.0654 e. The normalized spacial score (nSPS) is 31.7. The summed E-state index contributed by atoms with van der Waals surface area (Å²) in [6, 6.07) is 9.80. The van der Waals surface area contributed by atoms with Crippen LogP contribution in [-0.4, -0.2) is 0 Å². The van der Waals surface area contributed by atoms with E-state index in [4.69, 9.17) is 0 Å². The maximum atomic E-state index is 2.52. The minimum absolute atomic E-state index is 0.626. The summed E-state index contributed by atoms with van der Waals surface area (Å²) in [5.74, 6) is 2.85. The Bertz CT molecular complexity index is 524. The highest BCUT2D eigenvalue weighted by Gasteiger charge is 2.30. The van der Waals surface area contributed by atoms with Crippen molar-refractivity contribution in [2.75, 3.05) is 0 Å². The summed E-state index contributed by atoms with van der Waals surface area (Å²) in [6.45, 7) is 7.20. The van der Waals surface area contributed by atoms with Gasteiger partial charge in [-0.1, -0.05) is 90.0 Å². The molecule has 2 saturated carbocycles. The third-order valence-electron chi connectivity index (χ3n) is 8.00. The first-order valence-corrected chi connectivity index (χ1v) is 12.2. The van der Waals surface area contributed by atoms with Crippen molar-refractivity contribution >= 4 is 0 Å². The van der Waals surface area contributed by atoms with Gasteiger partial charge in [-0.05, 0) is 79.2 Å². The molecule has 0 N–H and O–H groups in total. The first kappa shape index (κ1) is 20.9. The summed E-state index contributed by atoms with van der Waals surface area (Å²) >= 11 is 0. The van der Waals surface area contributed by atoms with E-state index in [2.05, 4.69) is 45.0 Å². The summed E-state index contributed by atoms with van der Waals surface area (Å²) in [6.07, 6.45) is 19.9. The summed E-state index contributed by atoms with van der Waals surface area (Å²) in [5, 5.41) is 0. The highest BCUT2D eigenvalue weighted by Crippen LogP contribution is 2.45. The predicted molar refractivity (Wildman–Crippen MR) is 119 cm³/mol. The van der Waals surface area contributed by atoms with Crippen LogP contribution in [0.5, 0.6) is 0 Å². The van der Waals surface area contributed by atoms with Crippen molar-refractivity contribution in [3.05, 3.63) is 35.4 Å². The van der Waals surface area contributed by atoms with Crippen LogP contribution in [0.4, 0.5) is 0 Å². The van der Waals surface area contributed by atoms with Crippen molar-refractivity contribution in [3.8, 4) is 0 Å². The largest absolute Gasteiger partial charge is 0.0654 e. The van der Waals surface area contributed by atoms with Gasteiger partial charge in [-0.25, -0.2) is 0 Å². The second kappa shape index (κ2) is 10.1. The van der Waals surface area contributed by atoms with Crippen molar-refractivity contribution in [3.63, 3.8) is 0 Å². The van der Waals surface area contributed by atoms with E-state index in [1.165, 1.54) is 89.9 Å². The maximum absolute atomic E-state index is 2.52. The molecule has 2 aliphatic carbocycles. The van der Waals surface area contributed by atoms with Gasteiger partial charge in [0.1, 0.15) is 0 Å². The molecule has 27 heavy (non-hydrogen) atoms. The molecule has 0 nitrogen and oxygen atoms in total. The second-order valence-electron chi connectivity index (χ2n) is 10.3. The summed E-state index contributed by atoms with van der Waals surface area (Å²) in [7, 11) is 0. The Kier molecular flexibility index (Phi) is 7.86. The number of rotatable bonds is 8. The van der Waals surface area contributed by atoms with Crippen LogP contribution in [-0.2, 0) is 6.42 Å². The van der Waals surface area contributed by atoms with Gasteiger partial charge in [0.15, 0.2) is 0 Å². The second-order valence-corrected chi connectivity index (χ2v) is 10.3. The monoisotopic (exact) mass is 368 g/mol. The van der Waals surface area contributed by atoms with Crippen LogP contribution in [0.1, 0.15) is 121 Å². The van der Waals surface area contributed by atoms with Crippen molar-refractivity contribution in [1.82, 2.24) is 0 Å². The lowest BCUT2D eigenvalue weighted by Gasteiger charge is -2.37. The minimum atomic E-state index is 0.626. The molecule has 0 amide bonds. The molecular formula is C27H44. The Morgan fingerprint density at radius 2 is 1.37 bits per heavy atom. The molecule has 0 aromatic heterocycles. The van der Waals surface area contributed by atoms with E-state index < -0.39 is 0 Å². The van der Waals surface area contributed by atoms with E-state index >= 15 is 0 Å². The fraction of sp³-hybridized carbons (Fsp3) is 0.778. The molecule has 1 aromatic carbocycles. The molecule has 2 fully saturated rings. The number of aryl methyl sites for hydroxylation is 1. The lowest BCUT2D eigenvalue weighted by atomic mass is 9.68. The van der Waals surface area contributed by atoms with E-state index in [0.717, 1.165) is 17.8 Å². The van der Waals surface area contributed by atoms with Crippen LogP contribution in [0.2, 0.25) is 0 Å². The van der Waals surface area contributed by atoms with Crippen LogP contribution in [0.3, 0.4) is 0 Å². The Labute approximate surface area is 169 Å². The van der Waals surface area contributed by atoms with Crippen LogP contribution in [0, 0.1) is 17.3 Å². The van der Waals surface area contributed by atoms with E-state index in [9.17, 15) is 0 Å². The highest BCUT2D eigenvalue weighted by atomic mass is 14.4. The van der Waals surface area contributed by atoms with Gasteiger partial charge in [0.05, 0.1) is 0 Å². The Balaban J connectivity index is 1.42. The van der Waals surface area contributed by atoms with Gasteiger partial charge in [0.25, 0.3) is 0 Å². The molecule has 0 heteroatoms. The standard InChI is InChI=1S/C27H44/c1-4-6-22-7-9-23(10-8-22)11-12-24-13-15-25(16-14-24)26-17-20-27(3,19-5-2)21-18-26/h13-16,22-23,26H,4-12,17-21H2,1-3H3/t22-,23-,26?,27?. The van der Waals surface area contributed by atoms with Crippen molar-refractivity contribution in [2.24, 2.45) is 17.3 Å². The summed E-state index contributed by atoms with van der Waals surface area (Å²) in [4.78, 5) is 0. The van der Waals surface area contributed by atoms with Gasteiger partial charge < -0.3 is 0 Å². The van der Waals surface area contributed by atoms with Gasteiger partial charge >= 0.3 is 0 Å². The lowest BCUT2D eigenvalue weighted by Crippen LogP contribution is -2.23. The third-order valence-corrected chi connectivity index (χ3v) is 8.00. The average Bonchev–Trinajstić information content (AvgIpc) is 2.69. The van der Waals surface area contributed by atoms with Gasteiger partial charge in [0.2, 0.25) is 0 Å². The number of benzene rings is 1. The van der Waals surface area contributed by atoms with Crippen LogP contribution >= 0.6 is 0 Å². The zero-order valence-electron chi connectivity index (χ0n) is 18.4. The molecule has 0 aliphatic heterocycles. The summed E-state index contributed by atoms with van der Waals surface area (Å²) < 4.78 is 0. The molecule has 0 radical (unpaired) electrons. The predicted octanol–water partition coefficient (Wildman–Crippen LogP) is 8.69. The van der Waals surface area contributed by atoms with Crippen molar-refractivity contribution in [1.29, 1.82) is 0 Å². The molecule has 152 valence electrons. The van der Waals surface area contributed by atoms with Crippen molar-refractivity contribution < 1.29 is 0 Å². The summed E-state index contributed by atoms with van der Waals surface area (Å²) in [5.41, 5.74) is 3.81. The molecule has 0 saturated heterocycles. The van der Waals surface area contributed by atoms with Crippen LogP contribution in [0.15, 0.2) is 24.3 Å². The van der Waals surface area contributed by atoms with Gasteiger partial charge in [-0.15, -0.1) is 0 Å². The van der Waals surface area contributed by atoms with Gasteiger partial charge in [-0.2, -0.15) is 0 Å². The quantitative estimate of drug-likeness (QED) is 0.430. The Morgan fingerprint density at radius 3 is 1.93 bits per heavy atom. The van der Waals surface area contributed by atoms with Crippen LogP contribution in [0.25, 0.3) is 0 Å². The fourth-order valence-electron chi connectivity index (χ4n) is 6.05. The Hall–Kier alpha value is -0.780. The fourth-order valence-corrected chi connectivity index (χ4v) is 6.05. The SMILES string of the molecule is CCCC1(C)CCC(c2ccc(CC[C@H]3CC[C@H](CCC)CC3)cc2)CC1. The van der Waals surface area contributed by atoms with E-state index in [1.54, 1.807) is 11.1 Å². The molecular weight excluding hydrogens is 324 g/mol. The van der Waals surface area contributed by atoms with Crippen molar-refractivity contribution in [2.45, 2.75) is 117 Å². The highest BCUT2D eigenvalue weighted by molar-refractivity contribution is 5.26. The molecule has 0 unspecified atom stereocenters. The molecule has 0 heterocycles. The van der Waals surface area contributed by atoms with Crippen LogP contribution < -0.4 is 0 Å². The van der Waals surface area contributed by atoms with E-state index in [-0.39, 0.29) is 0 Å². The average molecular weight is 369 g/mol. The Morgan fingerprint density at radius 1 is 0.778 bits per heavy atom. The van der Waals surface area contributed by atoms with E-state index in [1.807, 2.05) is 0 Å². The topological polar surface area (TPSA) is 0 Å². The molecule has 2 aliphatic rings. The smallest absolute Gasteiger partial charge is 0.0162 e. The first-order valence-electron chi connectivity index (χ1n) is 12.2. The first-order chi connectivity index (χ1) is 13.1. The van der Waals surface area contributed by atoms with Gasteiger partial charge in [-0.3, -0.25) is 0 Å². The molecule has 1 aromatic rings. The number of hydrogen-bond acceptors (Lipinski definition) is 0. The molecule has 3 rings (SSSR count). The zero-order valence-corrected chi connectivity index (χ0v) is 18.4. The number of hydrogen-bond donors (Lipinski definition) is 0. The van der Waals surface area contributed by atoms with Gasteiger partial charge in [0, 0.05) is 0 Å². The lowest BCUT2D eigenvalue weighted by molar-refractivity contribution is 0.182. The third kappa shape index (κ3) is 6.10. The molecule has 0 bridgehead atoms. The molecule has 0 spiro atoms. The van der Waals surface area contributed by atoms with E-state index in [0.29, 0.717) is 5.41 Å². The maximum Gasteiger partial charge on any atom is -0.0162 e.